The first-order valence-corrected chi connectivity index (χ1v) is 10.2. The predicted molar refractivity (Wildman–Crippen MR) is 94.9 cm³/mol. The highest BCUT2D eigenvalue weighted by Crippen LogP contribution is 2.44. The second kappa shape index (κ2) is 8.57. The molecule has 4 aliphatic rings. The van der Waals surface area contributed by atoms with E-state index in [2.05, 4.69) is 10.2 Å². The van der Waals surface area contributed by atoms with E-state index in [0.717, 1.165) is 38.5 Å². The van der Waals surface area contributed by atoms with Crippen LogP contribution < -0.4 is 5.32 Å². The number of rotatable bonds is 6. The van der Waals surface area contributed by atoms with Crippen molar-refractivity contribution < 1.29 is 41.4 Å². The van der Waals surface area contributed by atoms with E-state index in [9.17, 15) is 26.7 Å². The Balaban J connectivity index is 0.000000318. The second-order valence-corrected chi connectivity index (χ2v) is 8.86. The Labute approximate surface area is 171 Å². The van der Waals surface area contributed by atoms with Crippen LogP contribution in [0.15, 0.2) is 0 Å². The van der Waals surface area contributed by atoms with Crippen LogP contribution in [-0.2, 0) is 14.3 Å². The molecule has 0 aromatic carbocycles. The number of likely N-dealkylation sites (tertiary alicyclic amines) is 1. The molecule has 30 heavy (non-hydrogen) atoms. The van der Waals surface area contributed by atoms with Crippen LogP contribution in [0.2, 0.25) is 0 Å². The van der Waals surface area contributed by atoms with E-state index in [1.54, 1.807) is 0 Å². The number of amides is 1. The fourth-order valence-corrected chi connectivity index (χ4v) is 4.41. The zero-order valence-corrected chi connectivity index (χ0v) is 16.5. The molecule has 2 saturated heterocycles. The van der Waals surface area contributed by atoms with Gasteiger partial charge in [-0.25, -0.2) is 13.6 Å². The molecule has 1 atom stereocenters. The third-order valence-electron chi connectivity index (χ3n) is 6.29. The van der Waals surface area contributed by atoms with Crippen molar-refractivity contribution in [1.82, 2.24) is 10.2 Å². The molecule has 0 bridgehead atoms. The maximum Gasteiger partial charge on any atom is 0.490 e. The summed E-state index contributed by atoms with van der Waals surface area (Å²) in [6, 6.07) is 0. The minimum absolute atomic E-state index is 0.00309. The standard InChI is InChI=1S/C17H26F2N2O2.C2HF3O2/c18-17(19)7-13(8-17)15(22)20-5-3-14-4-6-23-16(14)10-21(11-16)9-12-1-2-12;3-2(4,5)1(6)7/h12-14H,1-11H2,(H,20,22);(H,6,7). The molecule has 1 spiro atoms. The van der Waals surface area contributed by atoms with Gasteiger partial charge in [0.1, 0.15) is 0 Å². The van der Waals surface area contributed by atoms with Gasteiger partial charge in [0, 0.05) is 51.5 Å². The molecule has 172 valence electrons. The molecule has 1 amide bonds. The summed E-state index contributed by atoms with van der Waals surface area (Å²) in [5.41, 5.74) is 0.00309. The van der Waals surface area contributed by atoms with Gasteiger partial charge in [-0.3, -0.25) is 9.69 Å². The van der Waals surface area contributed by atoms with Crippen molar-refractivity contribution in [3.63, 3.8) is 0 Å². The predicted octanol–water partition coefficient (Wildman–Crippen LogP) is 2.67. The number of nitrogens with one attached hydrogen (secondary N) is 1. The van der Waals surface area contributed by atoms with E-state index >= 15 is 0 Å². The van der Waals surface area contributed by atoms with Crippen molar-refractivity contribution in [1.29, 1.82) is 0 Å². The Morgan fingerprint density at radius 1 is 1.13 bits per heavy atom. The third kappa shape index (κ3) is 5.81. The molecule has 4 fully saturated rings. The highest BCUT2D eigenvalue weighted by Gasteiger charge is 2.53. The molecule has 2 N–H and O–H groups in total. The van der Waals surface area contributed by atoms with Gasteiger partial charge in [-0.1, -0.05) is 0 Å². The highest BCUT2D eigenvalue weighted by molar-refractivity contribution is 5.79. The molecule has 0 aromatic heterocycles. The van der Waals surface area contributed by atoms with Gasteiger partial charge in [-0.2, -0.15) is 13.2 Å². The van der Waals surface area contributed by atoms with E-state index in [1.807, 2.05) is 0 Å². The van der Waals surface area contributed by atoms with Gasteiger partial charge >= 0.3 is 12.1 Å². The molecule has 0 aromatic rings. The monoisotopic (exact) mass is 442 g/mol. The summed E-state index contributed by atoms with van der Waals surface area (Å²) in [4.78, 5) is 23.2. The van der Waals surface area contributed by atoms with Crippen LogP contribution in [0.1, 0.15) is 38.5 Å². The van der Waals surface area contributed by atoms with E-state index < -0.39 is 24.0 Å². The number of carbonyl (C=O) groups excluding carboxylic acids is 1. The summed E-state index contributed by atoms with van der Waals surface area (Å²) in [6.45, 7) is 4.66. The average molecular weight is 442 g/mol. The van der Waals surface area contributed by atoms with Crippen LogP contribution in [0.25, 0.3) is 0 Å². The van der Waals surface area contributed by atoms with E-state index in [0.29, 0.717) is 12.5 Å². The van der Waals surface area contributed by atoms with Gasteiger partial charge in [0.25, 0.3) is 0 Å². The number of aliphatic carboxylic acids is 1. The lowest BCUT2D eigenvalue weighted by Crippen LogP contribution is -2.65. The van der Waals surface area contributed by atoms with Gasteiger partial charge in [0.2, 0.25) is 11.8 Å². The zero-order chi connectivity index (χ0) is 22.2. The highest BCUT2D eigenvalue weighted by atomic mass is 19.4. The number of carboxylic acids is 1. The molecule has 0 radical (unpaired) electrons. The Morgan fingerprint density at radius 3 is 2.23 bits per heavy atom. The Kier molecular flexibility index (Phi) is 6.62. The van der Waals surface area contributed by atoms with Gasteiger partial charge in [-0.15, -0.1) is 0 Å². The van der Waals surface area contributed by atoms with Gasteiger partial charge in [0.05, 0.1) is 5.60 Å². The Hall–Kier alpha value is -1.49. The smallest absolute Gasteiger partial charge is 0.475 e. The van der Waals surface area contributed by atoms with Crippen LogP contribution in [0.5, 0.6) is 0 Å². The lowest BCUT2D eigenvalue weighted by Gasteiger charge is -2.50. The summed E-state index contributed by atoms with van der Waals surface area (Å²) >= 11 is 0. The molecular weight excluding hydrogens is 415 g/mol. The van der Waals surface area contributed by atoms with Gasteiger partial charge in [-0.05, 0) is 37.5 Å². The molecular formula is C19H27F5N2O4. The lowest BCUT2D eigenvalue weighted by atomic mass is 9.78. The average Bonchev–Trinajstić information content (AvgIpc) is 3.30. The Bertz CT molecular complexity index is 639. The number of carboxylic acid groups (broad SMARTS) is 1. The fraction of sp³-hybridized carbons (Fsp3) is 0.895. The number of alkyl halides is 5. The quantitative estimate of drug-likeness (QED) is 0.619. The van der Waals surface area contributed by atoms with Crippen molar-refractivity contribution in [3.05, 3.63) is 0 Å². The third-order valence-corrected chi connectivity index (χ3v) is 6.29. The molecule has 11 heteroatoms. The number of carbonyl (C=O) groups is 2. The first-order chi connectivity index (χ1) is 13.9. The largest absolute Gasteiger partial charge is 0.490 e. The number of hydrogen-bond donors (Lipinski definition) is 2. The molecule has 6 nitrogen and oxygen atoms in total. The normalized spacial score (nSPS) is 27.6. The van der Waals surface area contributed by atoms with Crippen LogP contribution in [-0.4, -0.2) is 72.4 Å². The molecule has 4 rings (SSSR count). The SMILES string of the molecule is O=C(NCCC1CCOC12CN(CC1CC1)C2)C1CC(F)(F)C1.O=C(O)C(F)(F)F. The molecule has 2 aliphatic heterocycles. The van der Waals surface area contributed by atoms with Crippen LogP contribution in [0.4, 0.5) is 22.0 Å². The van der Waals surface area contributed by atoms with E-state index in [4.69, 9.17) is 14.6 Å². The minimum atomic E-state index is -5.08. The lowest BCUT2D eigenvalue weighted by molar-refractivity contribution is -0.192. The van der Waals surface area contributed by atoms with Crippen LogP contribution in [0, 0.1) is 17.8 Å². The molecule has 2 heterocycles. The zero-order valence-electron chi connectivity index (χ0n) is 16.5. The summed E-state index contributed by atoms with van der Waals surface area (Å²) in [5.74, 6) is -4.67. The minimum Gasteiger partial charge on any atom is -0.475 e. The maximum atomic E-state index is 12.8. The van der Waals surface area contributed by atoms with Crippen molar-refractivity contribution in [2.24, 2.45) is 17.8 Å². The topological polar surface area (TPSA) is 78.9 Å². The second-order valence-electron chi connectivity index (χ2n) is 8.86. The summed E-state index contributed by atoms with van der Waals surface area (Å²) in [7, 11) is 0. The molecule has 1 unspecified atom stereocenters. The van der Waals surface area contributed by atoms with Crippen molar-refractivity contribution in [3.8, 4) is 0 Å². The Morgan fingerprint density at radius 2 is 1.73 bits per heavy atom. The number of hydrogen-bond acceptors (Lipinski definition) is 4. The maximum absolute atomic E-state index is 12.8. The van der Waals surface area contributed by atoms with Gasteiger partial charge < -0.3 is 15.2 Å². The van der Waals surface area contributed by atoms with Crippen LogP contribution >= 0.6 is 0 Å². The molecule has 2 aliphatic carbocycles. The van der Waals surface area contributed by atoms with Crippen molar-refractivity contribution in [2.75, 3.05) is 32.8 Å². The first kappa shape index (κ1) is 23.2. The first-order valence-electron chi connectivity index (χ1n) is 10.2. The van der Waals surface area contributed by atoms with Crippen molar-refractivity contribution >= 4 is 11.9 Å². The van der Waals surface area contributed by atoms with Gasteiger partial charge in [0.15, 0.2) is 0 Å². The number of halogens is 5. The van der Waals surface area contributed by atoms with E-state index in [1.165, 1.54) is 19.4 Å². The number of nitrogens with zero attached hydrogens (tertiary/aromatic N) is 1. The fourth-order valence-electron chi connectivity index (χ4n) is 4.41. The molecule has 2 saturated carbocycles. The number of ether oxygens (including phenoxy) is 1. The summed E-state index contributed by atoms with van der Waals surface area (Å²) < 4.78 is 63.4. The van der Waals surface area contributed by atoms with E-state index in [-0.39, 0.29) is 24.3 Å². The summed E-state index contributed by atoms with van der Waals surface area (Å²) in [5, 5.41) is 9.97. The summed E-state index contributed by atoms with van der Waals surface area (Å²) in [6.07, 6.45) is -0.961. The van der Waals surface area contributed by atoms with Crippen molar-refractivity contribution in [2.45, 2.75) is 56.2 Å². The van der Waals surface area contributed by atoms with Crippen LogP contribution in [0.3, 0.4) is 0 Å².